The van der Waals surface area contributed by atoms with Crippen molar-refractivity contribution in [3.8, 4) is 11.3 Å². The number of ether oxygens (including phenoxy) is 1. The van der Waals surface area contributed by atoms with Crippen LogP contribution in [0.1, 0.15) is 21.7 Å². The number of aliphatic imine (C=N–C) groups is 1. The van der Waals surface area contributed by atoms with Gasteiger partial charge in [-0.15, -0.1) is 0 Å². The van der Waals surface area contributed by atoms with Crippen molar-refractivity contribution in [3.05, 3.63) is 88.1 Å². The Labute approximate surface area is 203 Å². The number of methoxy groups -OCH3 is 1. The molecule has 1 aromatic heterocycles. The van der Waals surface area contributed by atoms with E-state index in [1.165, 1.54) is 30.0 Å². The van der Waals surface area contributed by atoms with E-state index in [1.54, 1.807) is 42.5 Å². The molecule has 0 fully saturated rings. The zero-order valence-electron chi connectivity index (χ0n) is 17.6. The standard InChI is InChI=1S/C24H15ClN4O4S/c1-32-23(31)14-8-6-13(7-9-14)19-11-10-15(33-19)12-17-20(26)29-24(27-21(17)30)34-22(28-29)16-4-2-3-5-18(16)25/h2-12,26H,1H3/b17-12+,26-20?. The third kappa shape index (κ3) is 3.95. The first-order chi connectivity index (χ1) is 16.4. The third-order valence-electron chi connectivity index (χ3n) is 5.06. The summed E-state index contributed by atoms with van der Waals surface area (Å²) in [6.07, 6.45) is 1.46. The Morgan fingerprint density at radius 3 is 2.65 bits per heavy atom. The van der Waals surface area contributed by atoms with E-state index >= 15 is 0 Å². The molecule has 3 heterocycles. The summed E-state index contributed by atoms with van der Waals surface area (Å²) in [4.78, 5) is 28.4. The first kappa shape index (κ1) is 21.9. The minimum Gasteiger partial charge on any atom is -0.465 e. The highest BCUT2D eigenvalue weighted by Crippen LogP contribution is 2.33. The number of carbonyl (C=O) groups is 2. The van der Waals surface area contributed by atoms with Crippen LogP contribution in [0.2, 0.25) is 5.02 Å². The number of hydrogen-bond acceptors (Lipinski definition) is 7. The van der Waals surface area contributed by atoms with Crippen LogP contribution in [-0.4, -0.2) is 40.0 Å². The summed E-state index contributed by atoms with van der Waals surface area (Å²) < 4.78 is 10.6. The number of carbonyl (C=O) groups excluding carboxylic acids is 2. The molecule has 0 atom stereocenters. The lowest BCUT2D eigenvalue weighted by Gasteiger charge is -2.19. The third-order valence-corrected chi connectivity index (χ3v) is 6.33. The topological polar surface area (TPSA) is 108 Å². The van der Waals surface area contributed by atoms with E-state index in [2.05, 4.69) is 10.1 Å². The maximum Gasteiger partial charge on any atom is 0.337 e. The summed E-state index contributed by atoms with van der Waals surface area (Å²) in [5.74, 6) is -0.172. The molecule has 8 nitrogen and oxygen atoms in total. The molecule has 10 heteroatoms. The number of hydrogen-bond donors (Lipinski definition) is 1. The highest BCUT2D eigenvalue weighted by atomic mass is 35.5. The molecule has 0 spiro atoms. The molecule has 1 N–H and O–H groups in total. The van der Waals surface area contributed by atoms with E-state index in [1.807, 2.05) is 18.2 Å². The van der Waals surface area contributed by atoms with Gasteiger partial charge < -0.3 is 9.15 Å². The van der Waals surface area contributed by atoms with E-state index in [0.29, 0.717) is 37.9 Å². The van der Waals surface area contributed by atoms with Crippen molar-refractivity contribution in [3.63, 3.8) is 0 Å². The first-order valence-corrected chi connectivity index (χ1v) is 11.2. The van der Waals surface area contributed by atoms with Gasteiger partial charge in [0.1, 0.15) is 16.6 Å². The van der Waals surface area contributed by atoms with Crippen molar-refractivity contribution >= 4 is 57.4 Å². The van der Waals surface area contributed by atoms with Gasteiger partial charge in [-0.05, 0) is 48.2 Å². The van der Waals surface area contributed by atoms with E-state index in [9.17, 15) is 9.59 Å². The van der Waals surface area contributed by atoms with E-state index < -0.39 is 11.9 Å². The van der Waals surface area contributed by atoms with E-state index in [4.69, 9.17) is 26.2 Å². The summed E-state index contributed by atoms with van der Waals surface area (Å²) in [7, 11) is 1.32. The SMILES string of the molecule is COC(=O)c1ccc(-c2ccc(/C=C3\C(=N)N4N=C(c5ccccc5Cl)SC4=NC3=O)o2)cc1. The summed E-state index contributed by atoms with van der Waals surface area (Å²) in [5, 5.41) is 15.7. The molecule has 3 aromatic rings. The monoisotopic (exact) mass is 490 g/mol. The van der Waals surface area contributed by atoms with Crippen molar-refractivity contribution in [1.82, 2.24) is 5.01 Å². The molecule has 0 bridgehead atoms. The summed E-state index contributed by atoms with van der Waals surface area (Å²) >= 11 is 7.45. The lowest BCUT2D eigenvalue weighted by molar-refractivity contribution is -0.114. The van der Waals surface area contributed by atoms with Crippen molar-refractivity contribution in [2.24, 2.45) is 10.1 Å². The van der Waals surface area contributed by atoms with Crippen molar-refractivity contribution < 1.29 is 18.7 Å². The Morgan fingerprint density at radius 2 is 1.91 bits per heavy atom. The quantitative estimate of drug-likeness (QED) is 0.404. The lowest BCUT2D eigenvalue weighted by Crippen LogP contribution is -2.35. The molecule has 34 heavy (non-hydrogen) atoms. The maximum absolute atomic E-state index is 12.7. The molecular weight excluding hydrogens is 476 g/mol. The zero-order valence-corrected chi connectivity index (χ0v) is 19.2. The fourth-order valence-electron chi connectivity index (χ4n) is 3.35. The van der Waals surface area contributed by atoms with Gasteiger partial charge in [-0.1, -0.05) is 41.9 Å². The zero-order chi connectivity index (χ0) is 23.8. The molecule has 0 radical (unpaired) electrons. The summed E-state index contributed by atoms with van der Waals surface area (Å²) in [6.45, 7) is 0. The number of benzene rings is 2. The van der Waals surface area contributed by atoms with Crippen LogP contribution in [0.5, 0.6) is 0 Å². The van der Waals surface area contributed by atoms with Gasteiger partial charge in [0, 0.05) is 11.1 Å². The second-order valence-electron chi connectivity index (χ2n) is 7.18. The van der Waals surface area contributed by atoms with E-state index in [-0.39, 0.29) is 11.4 Å². The number of fused-ring (bicyclic) bond motifs is 1. The number of halogens is 1. The number of nitrogens with one attached hydrogen (secondary N) is 1. The van der Waals surface area contributed by atoms with Crippen molar-refractivity contribution in [1.29, 1.82) is 5.41 Å². The van der Waals surface area contributed by atoms with Gasteiger partial charge in [-0.3, -0.25) is 10.2 Å². The molecule has 5 rings (SSSR count). The molecule has 0 saturated carbocycles. The van der Waals surface area contributed by atoms with Crippen LogP contribution in [0.4, 0.5) is 0 Å². The van der Waals surface area contributed by atoms with Gasteiger partial charge in [-0.2, -0.15) is 15.1 Å². The number of nitrogens with zero attached hydrogens (tertiary/aromatic N) is 3. The Bertz CT molecular complexity index is 1440. The number of amides is 1. The molecule has 1 amide bonds. The normalized spacial score (nSPS) is 16.4. The number of furan rings is 1. The van der Waals surface area contributed by atoms with Gasteiger partial charge in [0.2, 0.25) is 5.17 Å². The maximum atomic E-state index is 12.7. The fourth-order valence-corrected chi connectivity index (χ4v) is 4.56. The molecule has 0 aliphatic carbocycles. The van der Waals surface area contributed by atoms with Crippen molar-refractivity contribution in [2.45, 2.75) is 0 Å². The lowest BCUT2D eigenvalue weighted by atomic mass is 10.1. The Morgan fingerprint density at radius 1 is 1.15 bits per heavy atom. The second kappa shape index (κ2) is 8.77. The molecule has 2 aromatic carbocycles. The van der Waals surface area contributed by atoms with Crippen LogP contribution in [-0.2, 0) is 9.53 Å². The van der Waals surface area contributed by atoms with Crippen LogP contribution >= 0.6 is 23.4 Å². The Hall–Kier alpha value is -3.95. The highest BCUT2D eigenvalue weighted by molar-refractivity contribution is 8.27. The summed E-state index contributed by atoms with van der Waals surface area (Å²) in [5.41, 5.74) is 1.92. The van der Waals surface area contributed by atoms with Gasteiger partial charge in [0.05, 0.1) is 23.3 Å². The molecular formula is C24H15ClN4O4S. The van der Waals surface area contributed by atoms with Crippen LogP contribution in [0.25, 0.3) is 17.4 Å². The van der Waals surface area contributed by atoms with Gasteiger partial charge in [0.15, 0.2) is 5.84 Å². The average Bonchev–Trinajstić information content (AvgIpc) is 3.49. The molecule has 0 saturated heterocycles. The van der Waals surface area contributed by atoms with Gasteiger partial charge in [0.25, 0.3) is 5.91 Å². The fraction of sp³-hybridized carbons (Fsp3) is 0.0417. The Balaban J connectivity index is 1.41. The van der Waals surface area contributed by atoms with Crippen LogP contribution < -0.4 is 0 Å². The number of amidine groups is 2. The predicted octanol–water partition coefficient (Wildman–Crippen LogP) is 5.05. The van der Waals surface area contributed by atoms with Crippen LogP contribution in [0.3, 0.4) is 0 Å². The average molecular weight is 491 g/mol. The second-order valence-corrected chi connectivity index (χ2v) is 8.54. The van der Waals surface area contributed by atoms with Gasteiger partial charge >= 0.3 is 5.97 Å². The van der Waals surface area contributed by atoms with Crippen molar-refractivity contribution in [2.75, 3.05) is 7.11 Å². The molecule has 2 aliphatic rings. The first-order valence-electron chi connectivity index (χ1n) is 9.98. The number of rotatable bonds is 4. The predicted molar refractivity (Wildman–Crippen MR) is 131 cm³/mol. The number of thioether (sulfide) groups is 1. The Kier molecular flexibility index (Phi) is 5.64. The van der Waals surface area contributed by atoms with Crippen LogP contribution in [0.15, 0.2) is 80.7 Å². The largest absolute Gasteiger partial charge is 0.465 e. The minimum absolute atomic E-state index is 0.0513. The molecule has 0 unspecified atom stereocenters. The van der Waals surface area contributed by atoms with Gasteiger partial charge in [-0.25, -0.2) is 4.79 Å². The molecule has 2 aliphatic heterocycles. The molecule has 168 valence electrons. The minimum atomic E-state index is -0.556. The smallest absolute Gasteiger partial charge is 0.337 e. The van der Waals surface area contributed by atoms with E-state index in [0.717, 1.165) is 5.56 Å². The number of esters is 1. The summed E-state index contributed by atoms with van der Waals surface area (Å²) in [6, 6.07) is 17.4. The van der Waals surface area contributed by atoms with Crippen LogP contribution in [0, 0.1) is 5.41 Å². The number of hydrazone groups is 1. The highest BCUT2D eigenvalue weighted by Gasteiger charge is 2.36.